The van der Waals surface area contributed by atoms with Crippen molar-refractivity contribution in [1.82, 2.24) is 9.97 Å². The van der Waals surface area contributed by atoms with E-state index in [0.29, 0.717) is 5.92 Å². The lowest BCUT2D eigenvalue weighted by Crippen LogP contribution is -1.93. The van der Waals surface area contributed by atoms with Gasteiger partial charge in [-0.2, -0.15) is 0 Å². The molecule has 2 aromatic rings. The Morgan fingerprint density at radius 3 is 2.18 bits per heavy atom. The van der Waals surface area contributed by atoms with Gasteiger partial charge in [-0.25, -0.2) is 4.39 Å². The summed E-state index contributed by atoms with van der Waals surface area (Å²) in [6, 6.07) is 5.05. The summed E-state index contributed by atoms with van der Waals surface area (Å²) in [6.07, 6.45) is 6.83. The third-order valence-corrected chi connectivity index (χ3v) is 3.33. The minimum absolute atomic E-state index is 0.211. The molecule has 1 aromatic carbocycles. The van der Waals surface area contributed by atoms with E-state index in [1.807, 2.05) is 46.9 Å². The zero-order chi connectivity index (χ0) is 16.5. The Morgan fingerprint density at radius 1 is 1.00 bits per heavy atom. The number of hydrogen-bond donors (Lipinski definition) is 0. The van der Waals surface area contributed by atoms with Crippen LogP contribution in [0.25, 0.3) is 11.3 Å². The number of rotatable bonds is 3. The molecule has 0 radical (unpaired) electrons. The summed E-state index contributed by atoms with van der Waals surface area (Å²) < 4.78 is 13.5. The molecule has 3 heteroatoms. The molecule has 1 heterocycles. The van der Waals surface area contributed by atoms with Crippen LogP contribution < -0.4 is 0 Å². The van der Waals surface area contributed by atoms with Gasteiger partial charge < -0.3 is 0 Å². The molecule has 0 spiro atoms. The Morgan fingerprint density at radius 2 is 1.68 bits per heavy atom. The van der Waals surface area contributed by atoms with Crippen molar-refractivity contribution in [2.75, 3.05) is 0 Å². The van der Waals surface area contributed by atoms with Gasteiger partial charge in [-0.15, -0.1) is 0 Å². The molecule has 120 valence electrons. The van der Waals surface area contributed by atoms with Crippen molar-refractivity contribution in [3.05, 3.63) is 47.7 Å². The first-order chi connectivity index (χ1) is 10.8. The van der Waals surface area contributed by atoms with E-state index in [4.69, 9.17) is 0 Å². The van der Waals surface area contributed by atoms with Gasteiger partial charge in [0.2, 0.25) is 0 Å². The van der Waals surface area contributed by atoms with Gasteiger partial charge >= 0.3 is 0 Å². The lowest BCUT2D eigenvalue weighted by Gasteiger charge is -2.05. The van der Waals surface area contributed by atoms with Crippen molar-refractivity contribution in [2.24, 2.45) is 0 Å². The molecule has 0 aliphatic heterocycles. The Balaban J connectivity index is 0.000000561. The molecule has 0 unspecified atom stereocenters. The summed E-state index contributed by atoms with van der Waals surface area (Å²) in [5.74, 6) is 0.391. The van der Waals surface area contributed by atoms with Gasteiger partial charge in [0.1, 0.15) is 5.82 Å². The molecule has 2 nitrogen and oxygen atoms in total. The highest BCUT2D eigenvalue weighted by Gasteiger charge is 2.25. The predicted molar refractivity (Wildman–Crippen MR) is 91.5 cm³/mol. The van der Waals surface area contributed by atoms with Gasteiger partial charge in [0, 0.05) is 17.7 Å². The Bertz CT molecular complexity index is 560. The van der Waals surface area contributed by atoms with E-state index in [1.165, 1.54) is 18.9 Å². The third-order valence-electron chi connectivity index (χ3n) is 3.33. The van der Waals surface area contributed by atoms with Crippen molar-refractivity contribution < 1.29 is 4.39 Å². The third kappa shape index (κ3) is 4.90. The zero-order valence-corrected chi connectivity index (χ0v) is 14.4. The molecule has 3 rings (SSSR count). The second-order valence-electron chi connectivity index (χ2n) is 4.80. The topological polar surface area (TPSA) is 25.8 Å². The summed E-state index contributed by atoms with van der Waals surface area (Å²) in [6.45, 7) is 10.0. The normalized spacial score (nSPS) is 12.6. The minimum atomic E-state index is -0.211. The Labute approximate surface area is 133 Å². The van der Waals surface area contributed by atoms with Crippen molar-refractivity contribution in [3.8, 4) is 11.3 Å². The average Bonchev–Trinajstić information content (AvgIpc) is 3.43. The van der Waals surface area contributed by atoms with E-state index >= 15 is 0 Å². The van der Waals surface area contributed by atoms with Gasteiger partial charge in [0.05, 0.1) is 17.6 Å². The van der Waals surface area contributed by atoms with Crippen LogP contribution in [0.15, 0.2) is 30.6 Å². The maximum Gasteiger partial charge on any atom is 0.124 e. The van der Waals surface area contributed by atoms with Crippen LogP contribution in [-0.2, 0) is 6.42 Å². The van der Waals surface area contributed by atoms with E-state index in [-0.39, 0.29) is 5.82 Å². The van der Waals surface area contributed by atoms with Gasteiger partial charge in [-0.1, -0.05) is 34.6 Å². The summed E-state index contributed by atoms with van der Waals surface area (Å²) in [4.78, 5) is 8.81. The van der Waals surface area contributed by atoms with Crippen LogP contribution in [0, 0.1) is 5.82 Å². The first kappa shape index (κ1) is 18.3. The fourth-order valence-electron chi connectivity index (χ4n) is 2.08. The molecule has 1 saturated carbocycles. The lowest BCUT2D eigenvalue weighted by atomic mass is 10.1. The average molecular weight is 302 g/mol. The van der Waals surface area contributed by atoms with Crippen LogP contribution >= 0.6 is 0 Å². The van der Waals surface area contributed by atoms with E-state index in [1.54, 1.807) is 12.3 Å². The van der Waals surface area contributed by atoms with Crippen LogP contribution in [-0.4, -0.2) is 9.97 Å². The summed E-state index contributed by atoms with van der Waals surface area (Å²) >= 11 is 0. The summed E-state index contributed by atoms with van der Waals surface area (Å²) in [5, 5.41) is 0. The predicted octanol–water partition coefficient (Wildman–Crippen LogP) is 5.77. The van der Waals surface area contributed by atoms with Crippen LogP contribution in [0.3, 0.4) is 0 Å². The minimum Gasteiger partial charge on any atom is -0.257 e. The van der Waals surface area contributed by atoms with Crippen molar-refractivity contribution in [1.29, 1.82) is 0 Å². The quantitative estimate of drug-likeness (QED) is 0.718. The molecule has 0 bridgehead atoms. The Kier molecular flexibility index (Phi) is 7.72. The number of halogens is 1. The fraction of sp³-hybridized carbons (Fsp3) is 0.474. The van der Waals surface area contributed by atoms with Gasteiger partial charge in [-0.3, -0.25) is 9.97 Å². The molecule has 0 atom stereocenters. The molecule has 22 heavy (non-hydrogen) atoms. The summed E-state index contributed by atoms with van der Waals surface area (Å²) in [5.41, 5.74) is 3.60. The molecular weight excluding hydrogens is 275 g/mol. The van der Waals surface area contributed by atoms with Crippen LogP contribution in [0.5, 0.6) is 0 Å². The molecule has 0 N–H and O–H groups in total. The molecule has 1 aliphatic rings. The van der Waals surface area contributed by atoms with E-state index in [0.717, 1.165) is 28.9 Å². The highest BCUT2D eigenvalue weighted by molar-refractivity contribution is 5.59. The smallest absolute Gasteiger partial charge is 0.124 e. The summed E-state index contributed by atoms with van der Waals surface area (Å²) in [7, 11) is 0. The molecule has 1 aromatic heterocycles. The standard InChI is InChI=1S/C15H15FN2.2C2H6/c1-2-10-5-12(7-13(16)6-10)15-9-17-14(8-18-15)11-3-4-11;2*1-2/h5-9,11H,2-4H2,1H3;2*1-2H3. The number of benzene rings is 1. The number of aryl methyl sites for hydroxylation is 1. The first-order valence-electron chi connectivity index (χ1n) is 8.38. The molecule has 1 fully saturated rings. The van der Waals surface area contributed by atoms with Crippen LogP contribution in [0.2, 0.25) is 0 Å². The van der Waals surface area contributed by atoms with Crippen molar-refractivity contribution in [2.45, 2.75) is 59.8 Å². The van der Waals surface area contributed by atoms with Crippen molar-refractivity contribution in [3.63, 3.8) is 0 Å². The number of nitrogens with zero attached hydrogens (tertiary/aromatic N) is 2. The molecule has 1 aliphatic carbocycles. The van der Waals surface area contributed by atoms with Gasteiger partial charge in [0.25, 0.3) is 0 Å². The van der Waals surface area contributed by atoms with Crippen molar-refractivity contribution >= 4 is 0 Å². The van der Waals surface area contributed by atoms with E-state index in [9.17, 15) is 4.39 Å². The monoisotopic (exact) mass is 302 g/mol. The van der Waals surface area contributed by atoms with E-state index in [2.05, 4.69) is 9.97 Å². The maximum absolute atomic E-state index is 13.5. The fourth-order valence-corrected chi connectivity index (χ4v) is 2.08. The van der Waals surface area contributed by atoms with Gasteiger partial charge in [0.15, 0.2) is 0 Å². The highest BCUT2D eigenvalue weighted by atomic mass is 19.1. The number of hydrogen-bond acceptors (Lipinski definition) is 2. The second kappa shape index (κ2) is 9.29. The first-order valence-corrected chi connectivity index (χ1v) is 8.38. The van der Waals surface area contributed by atoms with E-state index < -0.39 is 0 Å². The second-order valence-corrected chi connectivity index (χ2v) is 4.80. The van der Waals surface area contributed by atoms with Crippen LogP contribution in [0.1, 0.15) is 64.6 Å². The lowest BCUT2D eigenvalue weighted by molar-refractivity contribution is 0.626. The molecule has 0 saturated heterocycles. The largest absolute Gasteiger partial charge is 0.257 e. The maximum atomic E-state index is 13.5. The Hall–Kier alpha value is -1.77. The molecule has 0 amide bonds. The zero-order valence-electron chi connectivity index (χ0n) is 14.4. The molecular formula is C19H27FN2. The van der Waals surface area contributed by atoms with Gasteiger partial charge in [-0.05, 0) is 43.0 Å². The SMILES string of the molecule is CC.CC.CCc1cc(F)cc(-c2cnc(C3CC3)cn2)c1. The highest BCUT2D eigenvalue weighted by Crippen LogP contribution is 2.38. The number of aromatic nitrogens is 2. The van der Waals surface area contributed by atoms with Crippen LogP contribution in [0.4, 0.5) is 4.39 Å².